The van der Waals surface area contributed by atoms with Gasteiger partial charge in [-0.1, -0.05) is 44.2 Å². The summed E-state index contributed by atoms with van der Waals surface area (Å²) < 4.78 is 0. The van der Waals surface area contributed by atoms with Crippen LogP contribution in [-0.4, -0.2) is 4.87 Å². The molecule has 0 bridgehead atoms. The van der Waals surface area contributed by atoms with E-state index in [-0.39, 0.29) is 10.3 Å². The maximum atomic E-state index is 6.36. The van der Waals surface area contributed by atoms with Crippen LogP contribution >= 0.6 is 11.6 Å². The molecule has 0 fully saturated rings. The lowest BCUT2D eigenvalue weighted by molar-refractivity contribution is 0.404. The summed E-state index contributed by atoms with van der Waals surface area (Å²) in [7, 11) is 0. The van der Waals surface area contributed by atoms with E-state index in [1.54, 1.807) is 0 Å². The summed E-state index contributed by atoms with van der Waals surface area (Å²) in [4.78, 5) is -0.228. The van der Waals surface area contributed by atoms with Crippen molar-refractivity contribution in [2.75, 3.05) is 0 Å². The van der Waals surface area contributed by atoms with Gasteiger partial charge >= 0.3 is 0 Å². The molecule has 0 aliphatic rings. The quantitative estimate of drug-likeness (QED) is 0.628. The molecule has 1 heteroatoms. The van der Waals surface area contributed by atoms with Crippen molar-refractivity contribution in [1.29, 1.82) is 0 Å². The van der Waals surface area contributed by atoms with Gasteiger partial charge in [0, 0.05) is 10.3 Å². The van der Waals surface area contributed by atoms with Crippen LogP contribution in [0.1, 0.15) is 33.3 Å². The average molecular weight is 197 g/mol. The maximum absolute atomic E-state index is 6.36. The molecule has 0 nitrogen and oxygen atoms in total. The minimum Gasteiger partial charge on any atom is -0.119 e. The molecule has 72 valence electrons. The van der Waals surface area contributed by atoms with Crippen LogP contribution in [0.2, 0.25) is 0 Å². The molecule has 0 aliphatic heterocycles. The Morgan fingerprint density at radius 2 is 1.38 bits per heavy atom. The molecule has 0 aromatic heterocycles. The molecule has 0 spiro atoms. The first kappa shape index (κ1) is 10.6. The summed E-state index contributed by atoms with van der Waals surface area (Å²) in [5.74, 6) is 0. The average Bonchev–Trinajstić information content (AvgIpc) is 2.04. The van der Waals surface area contributed by atoms with E-state index in [0.717, 1.165) is 0 Å². The molecule has 1 aromatic rings. The molecule has 0 atom stereocenters. The van der Waals surface area contributed by atoms with Crippen molar-refractivity contribution in [3.8, 4) is 0 Å². The number of rotatable bonds is 2. The second-order valence-corrected chi connectivity index (χ2v) is 5.41. The Bertz CT molecular complexity index is 267. The van der Waals surface area contributed by atoms with Gasteiger partial charge in [-0.3, -0.25) is 0 Å². The number of halogens is 1. The molecule has 0 heterocycles. The van der Waals surface area contributed by atoms with Gasteiger partial charge in [0.2, 0.25) is 0 Å². The Morgan fingerprint density at radius 1 is 0.923 bits per heavy atom. The fraction of sp³-hybridized carbons (Fsp3) is 0.500. The first-order chi connectivity index (χ1) is 5.86. The summed E-state index contributed by atoms with van der Waals surface area (Å²) >= 11 is 6.36. The van der Waals surface area contributed by atoms with E-state index < -0.39 is 0 Å². The summed E-state index contributed by atoms with van der Waals surface area (Å²) in [6.45, 7) is 8.47. The van der Waals surface area contributed by atoms with Crippen LogP contribution in [0.3, 0.4) is 0 Å². The highest BCUT2D eigenvalue weighted by Crippen LogP contribution is 2.38. The number of hydrogen-bond donors (Lipinski definition) is 0. The normalized spacial score (nSPS) is 13.0. The number of hydrogen-bond acceptors (Lipinski definition) is 0. The van der Waals surface area contributed by atoms with Crippen molar-refractivity contribution in [2.45, 2.75) is 38.0 Å². The highest BCUT2D eigenvalue weighted by molar-refractivity contribution is 6.24. The van der Waals surface area contributed by atoms with E-state index in [1.807, 2.05) is 6.07 Å². The molecule has 0 unspecified atom stereocenters. The lowest BCUT2D eigenvalue weighted by Crippen LogP contribution is -2.37. The molecule has 1 rings (SSSR count). The van der Waals surface area contributed by atoms with Crippen LogP contribution in [0.25, 0.3) is 0 Å². The molecule has 0 amide bonds. The predicted molar refractivity (Wildman–Crippen MR) is 59.4 cm³/mol. The van der Waals surface area contributed by atoms with Gasteiger partial charge in [-0.2, -0.15) is 0 Å². The van der Waals surface area contributed by atoms with Gasteiger partial charge in [-0.15, -0.1) is 11.6 Å². The highest BCUT2D eigenvalue weighted by Gasteiger charge is 2.36. The fourth-order valence-electron chi connectivity index (χ4n) is 1.20. The van der Waals surface area contributed by atoms with E-state index in [2.05, 4.69) is 52.0 Å². The van der Waals surface area contributed by atoms with Crippen molar-refractivity contribution in [3.63, 3.8) is 0 Å². The molecular formula is C12H17Cl. The van der Waals surface area contributed by atoms with Crippen molar-refractivity contribution in [1.82, 2.24) is 0 Å². The van der Waals surface area contributed by atoms with Gasteiger partial charge in [0.25, 0.3) is 0 Å². The third-order valence-corrected chi connectivity index (χ3v) is 3.45. The largest absolute Gasteiger partial charge is 0.119 e. The van der Waals surface area contributed by atoms with Gasteiger partial charge in [0.05, 0.1) is 0 Å². The minimum absolute atomic E-state index is 0.00415. The van der Waals surface area contributed by atoms with Crippen LogP contribution in [0.15, 0.2) is 30.3 Å². The van der Waals surface area contributed by atoms with E-state index in [1.165, 1.54) is 5.56 Å². The SMILES string of the molecule is CC(C)(Cl)C(C)(C)c1ccccc1. The minimum atomic E-state index is -0.228. The highest BCUT2D eigenvalue weighted by atomic mass is 35.5. The number of benzene rings is 1. The maximum Gasteiger partial charge on any atom is 0.0481 e. The fourth-order valence-corrected chi connectivity index (χ4v) is 1.31. The van der Waals surface area contributed by atoms with Gasteiger partial charge < -0.3 is 0 Å². The van der Waals surface area contributed by atoms with Gasteiger partial charge in [0.15, 0.2) is 0 Å². The van der Waals surface area contributed by atoms with Crippen LogP contribution in [0.5, 0.6) is 0 Å². The zero-order chi connectivity index (χ0) is 10.1. The van der Waals surface area contributed by atoms with Crippen LogP contribution in [-0.2, 0) is 5.41 Å². The molecule has 13 heavy (non-hydrogen) atoms. The van der Waals surface area contributed by atoms with Gasteiger partial charge in [-0.05, 0) is 19.4 Å². The molecule has 0 radical (unpaired) electrons. The molecule has 0 saturated carbocycles. The second kappa shape index (κ2) is 3.34. The Hall–Kier alpha value is -0.490. The van der Waals surface area contributed by atoms with E-state index in [4.69, 9.17) is 11.6 Å². The van der Waals surface area contributed by atoms with Crippen molar-refractivity contribution < 1.29 is 0 Å². The van der Waals surface area contributed by atoms with Crippen LogP contribution in [0, 0.1) is 0 Å². The Balaban J connectivity index is 3.08. The van der Waals surface area contributed by atoms with Crippen molar-refractivity contribution in [2.24, 2.45) is 0 Å². The Labute approximate surface area is 85.9 Å². The first-order valence-electron chi connectivity index (χ1n) is 4.60. The first-order valence-corrected chi connectivity index (χ1v) is 4.98. The predicted octanol–water partition coefficient (Wildman–Crippen LogP) is 3.98. The lowest BCUT2D eigenvalue weighted by atomic mass is 9.74. The van der Waals surface area contributed by atoms with E-state index >= 15 is 0 Å². The third kappa shape index (κ3) is 2.05. The van der Waals surface area contributed by atoms with Crippen molar-refractivity contribution in [3.05, 3.63) is 35.9 Å². The van der Waals surface area contributed by atoms with Gasteiger partial charge in [0.1, 0.15) is 0 Å². The van der Waals surface area contributed by atoms with Crippen molar-refractivity contribution >= 4 is 11.6 Å². The summed E-state index contributed by atoms with van der Waals surface area (Å²) in [6.07, 6.45) is 0. The summed E-state index contributed by atoms with van der Waals surface area (Å²) in [5.41, 5.74) is 1.28. The Morgan fingerprint density at radius 3 is 1.77 bits per heavy atom. The smallest absolute Gasteiger partial charge is 0.0481 e. The van der Waals surface area contributed by atoms with Gasteiger partial charge in [-0.25, -0.2) is 0 Å². The molecule has 0 aliphatic carbocycles. The zero-order valence-electron chi connectivity index (χ0n) is 8.76. The second-order valence-electron chi connectivity index (χ2n) is 4.46. The lowest BCUT2D eigenvalue weighted by Gasteiger charge is -2.37. The zero-order valence-corrected chi connectivity index (χ0v) is 9.52. The molecule has 1 aromatic carbocycles. The summed E-state index contributed by atoms with van der Waals surface area (Å²) in [5, 5.41) is 0. The number of alkyl halides is 1. The summed E-state index contributed by atoms with van der Waals surface area (Å²) in [6, 6.07) is 10.4. The van der Waals surface area contributed by atoms with Crippen LogP contribution < -0.4 is 0 Å². The van der Waals surface area contributed by atoms with E-state index in [0.29, 0.717) is 0 Å². The standard InChI is InChI=1S/C12H17Cl/c1-11(2,12(3,4)13)10-8-6-5-7-9-10/h5-9H,1-4H3. The third-order valence-electron chi connectivity index (χ3n) is 2.98. The monoisotopic (exact) mass is 196 g/mol. The topological polar surface area (TPSA) is 0 Å². The molecular weight excluding hydrogens is 180 g/mol. The van der Waals surface area contributed by atoms with Crippen LogP contribution in [0.4, 0.5) is 0 Å². The molecule has 0 N–H and O–H groups in total. The molecule has 0 saturated heterocycles. The Kier molecular flexibility index (Phi) is 2.72. The van der Waals surface area contributed by atoms with E-state index in [9.17, 15) is 0 Å².